The van der Waals surface area contributed by atoms with E-state index in [-0.39, 0.29) is 0 Å². The first-order chi connectivity index (χ1) is 7.11. The lowest BCUT2D eigenvalue weighted by atomic mass is 9.95. The molecule has 1 unspecified atom stereocenters. The van der Waals surface area contributed by atoms with Gasteiger partial charge in [-0.3, -0.25) is 4.79 Å². The van der Waals surface area contributed by atoms with Gasteiger partial charge >= 0.3 is 5.97 Å². The molecule has 0 heterocycles. The molecule has 1 aromatic rings. The summed E-state index contributed by atoms with van der Waals surface area (Å²) < 4.78 is 1.06. The van der Waals surface area contributed by atoms with E-state index in [1.807, 2.05) is 24.3 Å². The molecule has 0 aliphatic heterocycles. The summed E-state index contributed by atoms with van der Waals surface area (Å²) in [4.78, 5) is 10.9. The van der Waals surface area contributed by atoms with Crippen molar-refractivity contribution in [3.63, 3.8) is 0 Å². The molecule has 0 radical (unpaired) electrons. The molecule has 1 aromatic carbocycles. The Morgan fingerprint density at radius 3 is 2.93 bits per heavy atom. The summed E-state index contributed by atoms with van der Waals surface area (Å²) in [5, 5.41) is 8.98. The van der Waals surface area contributed by atoms with Crippen LogP contribution >= 0.6 is 15.9 Å². The molecule has 0 bridgehead atoms. The molecule has 2 rings (SSSR count). The average molecular weight is 267 g/mol. The van der Waals surface area contributed by atoms with E-state index in [1.54, 1.807) is 6.92 Å². The molecule has 0 amide bonds. The Bertz CT molecular complexity index is 449. The molecule has 1 atom stereocenters. The fraction of sp³-hybridized carbons (Fsp3) is 0.250. The Morgan fingerprint density at radius 1 is 1.53 bits per heavy atom. The van der Waals surface area contributed by atoms with Crippen molar-refractivity contribution in [2.24, 2.45) is 5.92 Å². The second kappa shape index (κ2) is 3.81. The predicted molar refractivity (Wildman–Crippen MR) is 62.6 cm³/mol. The van der Waals surface area contributed by atoms with E-state index < -0.39 is 11.9 Å². The standard InChI is InChI=1S/C12H11BrO2/c1-7(12(14)15)8-5-6-10-9(8)3-2-4-11(10)13/h2-5,7H,6H2,1H3,(H,14,15). The first kappa shape index (κ1) is 10.4. The van der Waals surface area contributed by atoms with Gasteiger partial charge in [-0.1, -0.05) is 34.1 Å². The monoisotopic (exact) mass is 266 g/mol. The van der Waals surface area contributed by atoms with E-state index >= 15 is 0 Å². The zero-order valence-corrected chi connectivity index (χ0v) is 9.91. The normalized spacial score (nSPS) is 15.7. The number of carboxylic acids is 1. The van der Waals surface area contributed by atoms with Crippen LogP contribution in [-0.4, -0.2) is 11.1 Å². The van der Waals surface area contributed by atoms with Gasteiger partial charge in [0.05, 0.1) is 5.92 Å². The van der Waals surface area contributed by atoms with Gasteiger partial charge in [0.15, 0.2) is 0 Å². The van der Waals surface area contributed by atoms with Crippen LogP contribution in [0.25, 0.3) is 5.57 Å². The molecule has 0 aromatic heterocycles. The molecule has 0 spiro atoms. The first-order valence-electron chi connectivity index (χ1n) is 4.82. The summed E-state index contributed by atoms with van der Waals surface area (Å²) in [7, 11) is 0. The molecule has 0 saturated heterocycles. The third-order valence-corrected chi connectivity index (χ3v) is 3.54. The molecule has 2 nitrogen and oxygen atoms in total. The second-order valence-corrected chi connectivity index (χ2v) is 4.54. The minimum Gasteiger partial charge on any atom is -0.481 e. The van der Waals surface area contributed by atoms with Crippen LogP contribution in [0.4, 0.5) is 0 Å². The van der Waals surface area contributed by atoms with Crippen molar-refractivity contribution in [3.8, 4) is 0 Å². The van der Waals surface area contributed by atoms with Crippen LogP contribution in [0.3, 0.4) is 0 Å². The molecule has 78 valence electrons. The number of benzene rings is 1. The molecular formula is C12H11BrO2. The van der Waals surface area contributed by atoms with Gasteiger partial charge in [-0.15, -0.1) is 0 Å². The van der Waals surface area contributed by atoms with E-state index in [0.29, 0.717) is 0 Å². The summed E-state index contributed by atoms with van der Waals surface area (Å²) in [5.74, 6) is -1.20. The number of rotatable bonds is 2. The number of halogens is 1. The van der Waals surface area contributed by atoms with Crippen LogP contribution in [0.2, 0.25) is 0 Å². The predicted octanol–water partition coefficient (Wildman–Crippen LogP) is 3.11. The third-order valence-electron chi connectivity index (χ3n) is 2.79. The largest absolute Gasteiger partial charge is 0.481 e. The number of hydrogen-bond acceptors (Lipinski definition) is 1. The van der Waals surface area contributed by atoms with Crippen LogP contribution in [0.5, 0.6) is 0 Å². The maximum atomic E-state index is 10.9. The summed E-state index contributed by atoms with van der Waals surface area (Å²) in [6, 6.07) is 5.91. The highest BCUT2D eigenvalue weighted by molar-refractivity contribution is 9.10. The van der Waals surface area contributed by atoms with Gasteiger partial charge in [-0.2, -0.15) is 0 Å². The zero-order chi connectivity index (χ0) is 11.0. The van der Waals surface area contributed by atoms with Crippen LogP contribution in [-0.2, 0) is 11.2 Å². The highest BCUT2D eigenvalue weighted by Crippen LogP contribution is 2.36. The fourth-order valence-electron chi connectivity index (χ4n) is 1.90. The van der Waals surface area contributed by atoms with E-state index in [1.165, 1.54) is 5.56 Å². The minimum absolute atomic E-state index is 0.430. The van der Waals surface area contributed by atoms with Crippen molar-refractivity contribution in [1.29, 1.82) is 0 Å². The van der Waals surface area contributed by atoms with Gasteiger partial charge in [0.1, 0.15) is 0 Å². The number of allylic oxidation sites excluding steroid dienone is 1. The van der Waals surface area contributed by atoms with Gasteiger partial charge in [0.2, 0.25) is 0 Å². The van der Waals surface area contributed by atoms with Crippen LogP contribution in [0.15, 0.2) is 28.7 Å². The molecule has 0 fully saturated rings. The molecule has 3 heteroatoms. The maximum absolute atomic E-state index is 10.9. The lowest BCUT2D eigenvalue weighted by Crippen LogP contribution is -2.10. The van der Waals surface area contributed by atoms with Gasteiger partial charge < -0.3 is 5.11 Å². The lowest BCUT2D eigenvalue weighted by Gasteiger charge is -2.10. The molecule has 1 aliphatic carbocycles. The number of carboxylic acid groups (broad SMARTS) is 1. The topological polar surface area (TPSA) is 37.3 Å². The summed E-state index contributed by atoms with van der Waals surface area (Å²) in [5.41, 5.74) is 3.19. The van der Waals surface area contributed by atoms with E-state index in [2.05, 4.69) is 15.9 Å². The van der Waals surface area contributed by atoms with Gasteiger partial charge in [0, 0.05) is 4.47 Å². The van der Waals surface area contributed by atoms with Gasteiger partial charge in [-0.25, -0.2) is 0 Å². The summed E-state index contributed by atoms with van der Waals surface area (Å²) in [6.07, 6.45) is 2.83. The Kier molecular flexibility index (Phi) is 2.65. The van der Waals surface area contributed by atoms with E-state index in [9.17, 15) is 4.79 Å². The number of aliphatic carboxylic acids is 1. The van der Waals surface area contributed by atoms with Crippen LogP contribution < -0.4 is 0 Å². The number of carbonyl (C=O) groups is 1. The smallest absolute Gasteiger partial charge is 0.310 e. The van der Waals surface area contributed by atoms with Crippen LogP contribution in [0.1, 0.15) is 18.1 Å². The highest BCUT2D eigenvalue weighted by atomic mass is 79.9. The maximum Gasteiger partial charge on any atom is 0.310 e. The molecule has 0 saturated carbocycles. The quantitative estimate of drug-likeness (QED) is 0.893. The van der Waals surface area contributed by atoms with Crippen molar-refractivity contribution < 1.29 is 9.90 Å². The summed E-state index contributed by atoms with van der Waals surface area (Å²) >= 11 is 3.48. The van der Waals surface area contributed by atoms with Crippen molar-refractivity contribution in [2.75, 3.05) is 0 Å². The Balaban J connectivity index is 2.43. The Morgan fingerprint density at radius 2 is 2.27 bits per heavy atom. The van der Waals surface area contributed by atoms with Crippen molar-refractivity contribution in [2.45, 2.75) is 13.3 Å². The minimum atomic E-state index is -0.769. The number of hydrogen-bond donors (Lipinski definition) is 1. The van der Waals surface area contributed by atoms with Gasteiger partial charge in [-0.05, 0) is 36.1 Å². The van der Waals surface area contributed by atoms with Crippen LogP contribution in [0, 0.1) is 5.92 Å². The second-order valence-electron chi connectivity index (χ2n) is 3.69. The third kappa shape index (κ3) is 1.72. The summed E-state index contributed by atoms with van der Waals surface area (Å²) in [6.45, 7) is 1.73. The molecule has 15 heavy (non-hydrogen) atoms. The average Bonchev–Trinajstić information content (AvgIpc) is 2.61. The molecule has 1 N–H and O–H groups in total. The molecular weight excluding hydrogens is 256 g/mol. The van der Waals surface area contributed by atoms with E-state index in [0.717, 1.165) is 22.0 Å². The SMILES string of the molecule is CC(C(=O)O)C1=CCc2c(Br)cccc21. The lowest BCUT2D eigenvalue weighted by molar-refractivity contribution is -0.139. The zero-order valence-electron chi connectivity index (χ0n) is 8.33. The highest BCUT2D eigenvalue weighted by Gasteiger charge is 2.24. The Hall–Kier alpha value is -1.09. The molecule has 1 aliphatic rings. The van der Waals surface area contributed by atoms with Crippen molar-refractivity contribution >= 4 is 27.5 Å². The first-order valence-corrected chi connectivity index (χ1v) is 5.61. The fourth-order valence-corrected chi connectivity index (χ4v) is 2.43. The van der Waals surface area contributed by atoms with E-state index in [4.69, 9.17) is 5.11 Å². The van der Waals surface area contributed by atoms with Crippen molar-refractivity contribution in [1.82, 2.24) is 0 Å². The number of fused-ring (bicyclic) bond motifs is 1. The Labute approximate surface area is 96.7 Å². The van der Waals surface area contributed by atoms with Gasteiger partial charge in [0.25, 0.3) is 0 Å². The van der Waals surface area contributed by atoms with Crippen molar-refractivity contribution in [3.05, 3.63) is 39.9 Å².